The number of hydrogen-bond donors (Lipinski definition) is 1. The van der Waals surface area contributed by atoms with Gasteiger partial charge >= 0.3 is 0 Å². The van der Waals surface area contributed by atoms with Crippen molar-refractivity contribution in [3.8, 4) is 5.75 Å². The summed E-state index contributed by atoms with van der Waals surface area (Å²) in [6, 6.07) is 5.69. The number of alkyl halides is 1. The van der Waals surface area contributed by atoms with Crippen LogP contribution in [-0.4, -0.2) is 19.1 Å². The van der Waals surface area contributed by atoms with Gasteiger partial charge in [0, 0.05) is 0 Å². The molecule has 0 radical (unpaired) electrons. The predicted molar refractivity (Wildman–Crippen MR) is 65.6 cm³/mol. The Bertz CT molecular complexity index is 457. The van der Waals surface area contributed by atoms with Crippen molar-refractivity contribution in [2.75, 3.05) is 13.2 Å². The molecule has 1 unspecified atom stereocenters. The van der Waals surface area contributed by atoms with Crippen molar-refractivity contribution in [2.45, 2.75) is 18.2 Å². The van der Waals surface area contributed by atoms with Crippen molar-refractivity contribution in [3.63, 3.8) is 0 Å². The standard InChI is InChI=1S/C13H14ClNO2/c14-12(8-1-2-8)9-3-4-11-10(7-9)13(16)15-5-6-17-11/h3-4,7-8,12H,1-2,5-6H2,(H,15,16). The summed E-state index contributed by atoms with van der Waals surface area (Å²) in [6.45, 7) is 1.07. The quantitative estimate of drug-likeness (QED) is 0.821. The fourth-order valence-electron chi connectivity index (χ4n) is 2.10. The molecule has 4 heteroatoms. The molecule has 1 saturated carbocycles. The average Bonchev–Trinajstić information content (AvgIpc) is 3.17. The van der Waals surface area contributed by atoms with Crippen LogP contribution in [0.25, 0.3) is 0 Å². The van der Waals surface area contributed by atoms with Crippen LogP contribution in [0.5, 0.6) is 5.75 Å². The van der Waals surface area contributed by atoms with Crippen LogP contribution in [0.3, 0.4) is 0 Å². The molecule has 0 saturated heterocycles. The zero-order chi connectivity index (χ0) is 11.8. The third-order valence-corrected chi connectivity index (χ3v) is 3.86. The summed E-state index contributed by atoms with van der Waals surface area (Å²) in [4.78, 5) is 11.8. The van der Waals surface area contributed by atoms with E-state index in [4.69, 9.17) is 16.3 Å². The van der Waals surface area contributed by atoms with Crippen LogP contribution >= 0.6 is 11.6 Å². The molecule has 1 aliphatic heterocycles. The van der Waals surface area contributed by atoms with Crippen LogP contribution in [0.4, 0.5) is 0 Å². The lowest BCUT2D eigenvalue weighted by atomic mass is 10.0. The van der Waals surface area contributed by atoms with Gasteiger partial charge in [0.15, 0.2) is 0 Å². The molecule has 0 aromatic heterocycles. The molecule has 1 amide bonds. The highest BCUT2D eigenvalue weighted by Crippen LogP contribution is 2.45. The zero-order valence-electron chi connectivity index (χ0n) is 9.41. The number of halogens is 1. The van der Waals surface area contributed by atoms with Gasteiger partial charge in [0.05, 0.1) is 17.5 Å². The normalized spacial score (nSPS) is 20.9. The van der Waals surface area contributed by atoms with Crippen LogP contribution in [0.15, 0.2) is 18.2 Å². The lowest BCUT2D eigenvalue weighted by molar-refractivity contribution is 0.0957. The van der Waals surface area contributed by atoms with Crippen LogP contribution in [0.1, 0.15) is 34.1 Å². The van der Waals surface area contributed by atoms with Crippen LogP contribution in [0.2, 0.25) is 0 Å². The average molecular weight is 252 g/mol. The molecular weight excluding hydrogens is 238 g/mol. The van der Waals surface area contributed by atoms with Gasteiger partial charge in [0.1, 0.15) is 12.4 Å². The highest BCUT2D eigenvalue weighted by molar-refractivity contribution is 6.21. The number of nitrogens with one attached hydrogen (secondary N) is 1. The van der Waals surface area contributed by atoms with Crippen LogP contribution in [0, 0.1) is 5.92 Å². The molecule has 2 aliphatic rings. The maximum Gasteiger partial charge on any atom is 0.255 e. The molecule has 1 aromatic rings. The predicted octanol–water partition coefficient (Wildman–Crippen LogP) is 2.50. The number of hydrogen-bond acceptors (Lipinski definition) is 2. The van der Waals surface area contributed by atoms with Crippen LogP contribution in [-0.2, 0) is 0 Å². The Labute approximate surface area is 105 Å². The van der Waals surface area contributed by atoms with E-state index in [1.165, 1.54) is 12.8 Å². The van der Waals surface area contributed by atoms with E-state index in [-0.39, 0.29) is 11.3 Å². The van der Waals surface area contributed by atoms with Crippen molar-refractivity contribution < 1.29 is 9.53 Å². The monoisotopic (exact) mass is 251 g/mol. The molecule has 1 heterocycles. The van der Waals surface area contributed by atoms with Gasteiger partial charge in [-0.25, -0.2) is 0 Å². The summed E-state index contributed by atoms with van der Waals surface area (Å²) < 4.78 is 5.50. The van der Waals surface area contributed by atoms with Gasteiger partial charge in [-0.2, -0.15) is 0 Å². The first-order chi connectivity index (χ1) is 8.25. The molecule has 90 valence electrons. The molecule has 1 aromatic carbocycles. The molecule has 0 bridgehead atoms. The SMILES string of the molecule is O=C1NCCOc2ccc(C(Cl)C3CC3)cc21. The summed E-state index contributed by atoms with van der Waals surface area (Å²) in [7, 11) is 0. The minimum absolute atomic E-state index is 0.0244. The van der Waals surface area contributed by atoms with Crippen molar-refractivity contribution >= 4 is 17.5 Å². The lowest BCUT2D eigenvalue weighted by Crippen LogP contribution is -2.24. The Morgan fingerprint density at radius 1 is 1.41 bits per heavy atom. The van der Waals surface area contributed by atoms with E-state index >= 15 is 0 Å². The Morgan fingerprint density at radius 2 is 2.24 bits per heavy atom. The van der Waals surface area contributed by atoms with Gasteiger partial charge in [-0.3, -0.25) is 4.79 Å². The lowest BCUT2D eigenvalue weighted by Gasteiger charge is -2.11. The van der Waals surface area contributed by atoms with Crippen molar-refractivity contribution in [3.05, 3.63) is 29.3 Å². The fourth-order valence-corrected chi connectivity index (χ4v) is 2.49. The Kier molecular flexibility index (Phi) is 2.71. The molecular formula is C13H14ClNO2. The molecule has 17 heavy (non-hydrogen) atoms. The first kappa shape index (κ1) is 10.9. The third kappa shape index (κ3) is 2.12. The molecule has 1 atom stereocenters. The minimum Gasteiger partial charge on any atom is -0.491 e. The number of benzene rings is 1. The van der Waals surface area contributed by atoms with E-state index in [0.29, 0.717) is 30.4 Å². The first-order valence-electron chi connectivity index (χ1n) is 5.95. The van der Waals surface area contributed by atoms with Crippen LogP contribution < -0.4 is 10.1 Å². The molecule has 3 nitrogen and oxygen atoms in total. The summed E-state index contributed by atoms with van der Waals surface area (Å²) in [5.74, 6) is 1.16. The van der Waals surface area contributed by atoms with E-state index in [1.807, 2.05) is 18.2 Å². The van der Waals surface area contributed by atoms with Crippen molar-refractivity contribution in [1.82, 2.24) is 5.32 Å². The maximum atomic E-state index is 11.8. The number of rotatable bonds is 2. The van der Waals surface area contributed by atoms with E-state index in [1.54, 1.807) is 0 Å². The van der Waals surface area contributed by atoms with E-state index in [9.17, 15) is 4.79 Å². The van der Waals surface area contributed by atoms with Gasteiger partial charge in [0.25, 0.3) is 5.91 Å². The third-order valence-electron chi connectivity index (χ3n) is 3.25. The van der Waals surface area contributed by atoms with Crippen molar-refractivity contribution in [2.24, 2.45) is 5.92 Å². The van der Waals surface area contributed by atoms with Gasteiger partial charge in [-0.05, 0) is 36.5 Å². The maximum absolute atomic E-state index is 11.8. The Morgan fingerprint density at radius 3 is 3.00 bits per heavy atom. The molecule has 3 rings (SSSR count). The van der Waals surface area contributed by atoms with Gasteiger partial charge in [-0.1, -0.05) is 6.07 Å². The Balaban J connectivity index is 1.95. The number of ether oxygens (including phenoxy) is 1. The van der Waals surface area contributed by atoms with Gasteiger partial charge in [-0.15, -0.1) is 11.6 Å². The second kappa shape index (κ2) is 4.22. The smallest absolute Gasteiger partial charge is 0.255 e. The fraction of sp³-hybridized carbons (Fsp3) is 0.462. The van der Waals surface area contributed by atoms with Gasteiger partial charge in [0.2, 0.25) is 0 Å². The highest BCUT2D eigenvalue weighted by atomic mass is 35.5. The molecule has 1 N–H and O–H groups in total. The second-order valence-corrected chi connectivity index (χ2v) is 5.07. The summed E-state index contributed by atoms with van der Waals surface area (Å²) in [6.07, 6.45) is 2.38. The minimum atomic E-state index is -0.0704. The highest BCUT2D eigenvalue weighted by Gasteiger charge is 2.31. The second-order valence-electron chi connectivity index (χ2n) is 4.60. The summed E-state index contributed by atoms with van der Waals surface area (Å²) >= 11 is 6.36. The molecule has 1 fully saturated rings. The largest absolute Gasteiger partial charge is 0.491 e. The Hall–Kier alpha value is -1.22. The summed E-state index contributed by atoms with van der Waals surface area (Å²) in [5.41, 5.74) is 1.62. The van der Waals surface area contributed by atoms with E-state index in [2.05, 4.69) is 5.32 Å². The topological polar surface area (TPSA) is 38.3 Å². The van der Waals surface area contributed by atoms with E-state index in [0.717, 1.165) is 5.56 Å². The number of amides is 1. The van der Waals surface area contributed by atoms with Crippen molar-refractivity contribution in [1.29, 1.82) is 0 Å². The number of carbonyl (C=O) groups is 1. The summed E-state index contributed by atoms with van der Waals surface area (Å²) in [5, 5.41) is 2.83. The first-order valence-corrected chi connectivity index (χ1v) is 6.38. The molecule has 1 aliphatic carbocycles. The number of carbonyl (C=O) groups excluding carboxylic acids is 1. The number of fused-ring (bicyclic) bond motifs is 1. The molecule has 0 spiro atoms. The van der Waals surface area contributed by atoms with Gasteiger partial charge < -0.3 is 10.1 Å². The van der Waals surface area contributed by atoms with E-state index < -0.39 is 0 Å². The zero-order valence-corrected chi connectivity index (χ0v) is 10.2.